The van der Waals surface area contributed by atoms with Crippen LogP contribution in [0.4, 0.5) is 9.18 Å². The van der Waals surface area contributed by atoms with E-state index < -0.39 is 23.3 Å². The number of nitrogens with zero attached hydrogens (tertiary/aromatic N) is 2. The molecule has 28 heavy (non-hydrogen) atoms. The summed E-state index contributed by atoms with van der Waals surface area (Å²) in [4.78, 5) is 41.0. The molecule has 1 aliphatic carbocycles. The number of carbonyl (C=O) groups is 3. The first-order valence-corrected chi connectivity index (χ1v) is 9.80. The van der Waals surface area contributed by atoms with Gasteiger partial charge in [-0.25, -0.2) is 9.18 Å². The lowest BCUT2D eigenvalue weighted by molar-refractivity contribution is -0.135. The Kier molecular flexibility index (Phi) is 4.82. The summed E-state index contributed by atoms with van der Waals surface area (Å²) in [5, 5.41) is 5.58. The van der Waals surface area contributed by atoms with E-state index >= 15 is 0 Å². The Morgan fingerprint density at radius 1 is 1.18 bits per heavy atom. The minimum absolute atomic E-state index is 0.0757. The number of urea groups is 1. The van der Waals surface area contributed by atoms with Crippen LogP contribution < -0.4 is 10.6 Å². The third-order valence-electron chi connectivity index (χ3n) is 5.96. The second-order valence-corrected chi connectivity index (χ2v) is 8.06. The van der Waals surface area contributed by atoms with Gasteiger partial charge < -0.3 is 15.5 Å². The van der Waals surface area contributed by atoms with E-state index in [9.17, 15) is 18.8 Å². The van der Waals surface area contributed by atoms with E-state index in [2.05, 4.69) is 15.5 Å². The molecule has 4 amide bonds. The Balaban J connectivity index is 1.35. The predicted octanol–water partition coefficient (Wildman–Crippen LogP) is 1.34. The minimum Gasteiger partial charge on any atom is -0.352 e. The molecular weight excluding hydrogens is 363 g/mol. The zero-order chi connectivity index (χ0) is 19.9. The van der Waals surface area contributed by atoms with Gasteiger partial charge in [-0.1, -0.05) is 12.1 Å². The van der Waals surface area contributed by atoms with E-state index in [-0.39, 0.29) is 18.5 Å². The normalized spacial score (nSPS) is 26.4. The lowest BCUT2D eigenvalue weighted by atomic mass is 9.92. The highest BCUT2D eigenvalue weighted by Gasteiger charge is 2.49. The van der Waals surface area contributed by atoms with Crippen molar-refractivity contribution in [1.29, 1.82) is 0 Å². The van der Waals surface area contributed by atoms with Crippen molar-refractivity contribution < 1.29 is 18.8 Å². The maximum Gasteiger partial charge on any atom is 0.325 e. The molecule has 1 unspecified atom stereocenters. The van der Waals surface area contributed by atoms with Crippen molar-refractivity contribution in [1.82, 2.24) is 20.4 Å². The lowest BCUT2D eigenvalue weighted by Gasteiger charge is -2.32. The largest absolute Gasteiger partial charge is 0.352 e. The summed E-state index contributed by atoms with van der Waals surface area (Å²) in [5.41, 5.74) is -0.830. The predicted molar refractivity (Wildman–Crippen MR) is 99.8 cm³/mol. The average molecular weight is 388 g/mol. The van der Waals surface area contributed by atoms with Gasteiger partial charge in [0.1, 0.15) is 17.9 Å². The highest BCUT2D eigenvalue weighted by Crippen LogP contribution is 2.30. The average Bonchev–Trinajstić information content (AvgIpc) is 3.48. The molecule has 3 fully saturated rings. The molecule has 3 aliphatic rings. The fourth-order valence-electron chi connectivity index (χ4n) is 4.08. The van der Waals surface area contributed by atoms with Crippen LogP contribution in [0.3, 0.4) is 0 Å². The Labute approximate surface area is 163 Å². The van der Waals surface area contributed by atoms with E-state index in [0.717, 1.165) is 36.9 Å². The summed E-state index contributed by atoms with van der Waals surface area (Å²) in [5.74, 6) is -1.27. The molecule has 0 radical (unpaired) electrons. The van der Waals surface area contributed by atoms with E-state index in [0.29, 0.717) is 5.56 Å². The first-order valence-electron chi connectivity index (χ1n) is 9.80. The summed E-state index contributed by atoms with van der Waals surface area (Å²) in [6.45, 7) is 3.19. The monoisotopic (exact) mass is 388 g/mol. The molecule has 2 aliphatic heterocycles. The number of amides is 4. The Hall–Kier alpha value is -2.48. The van der Waals surface area contributed by atoms with E-state index in [1.165, 1.54) is 37.1 Å². The molecule has 2 N–H and O–H groups in total. The molecule has 0 aromatic heterocycles. The number of piperidine rings is 1. The molecule has 1 aromatic rings. The van der Waals surface area contributed by atoms with Crippen LogP contribution in [-0.2, 0) is 15.1 Å². The standard InChI is InChI=1S/C20H25FN4O3/c1-20(13-2-4-14(21)5-3-13)18(27)25(19(28)23-20)12-17(26)22-15-8-10-24(11-9-15)16-6-7-16/h2-5,15-16H,6-12H2,1H3,(H,22,26)(H,23,28). The van der Waals surface area contributed by atoms with Crippen LogP contribution in [0.25, 0.3) is 0 Å². The Morgan fingerprint density at radius 3 is 2.43 bits per heavy atom. The molecule has 1 atom stereocenters. The Morgan fingerprint density at radius 2 is 1.82 bits per heavy atom. The topological polar surface area (TPSA) is 81.8 Å². The molecular formula is C20H25FN4O3. The lowest BCUT2D eigenvalue weighted by Crippen LogP contribution is -2.49. The van der Waals surface area contributed by atoms with Gasteiger partial charge in [0, 0.05) is 25.2 Å². The van der Waals surface area contributed by atoms with Crippen molar-refractivity contribution in [2.45, 2.75) is 50.2 Å². The molecule has 0 bridgehead atoms. The van der Waals surface area contributed by atoms with Gasteiger partial charge in [0.05, 0.1) is 0 Å². The van der Waals surface area contributed by atoms with Gasteiger partial charge in [-0.3, -0.25) is 14.5 Å². The minimum atomic E-state index is -1.30. The highest BCUT2D eigenvalue weighted by molar-refractivity contribution is 6.09. The number of likely N-dealkylation sites (tertiary alicyclic amines) is 1. The number of rotatable bonds is 5. The zero-order valence-corrected chi connectivity index (χ0v) is 15.9. The van der Waals surface area contributed by atoms with Crippen LogP contribution >= 0.6 is 0 Å². The van der Waals surface area contributed by atoms with Gasteiger partial charge in [0.15, 0.2) is 0 Å². The zero-order valence-electron chi connectivity index (χ0n) is 15.9. The molecule has 2 heterocycles. The summed E-state index contributed by atoms with van der Waals surface area (Å²) < 4.78 is 13.2. The molecule has 150 valence electrons. The third-order valence-corrected chi connectivity index (χ3v) is 5.96. The number of hydrogen-bond acceptors (Lipinski definition) is 4. The second-order valence-electron chi connectivity index (χ2n) is 8.06. The van der Waals surface area contributed by atoms with E-state index in [1.807, 2.05) is 0 Å². The van der Waals surface area contributed by atoms with Crippen LogP contribution in [-0.4, -0.2) is 59.4 Å². The molecule has 0 spiro atoms. The first kappa shape index (κ1) is 18.9. The number of nitrogens with one attached hydrogen (secondary N) is 2. The van der Waals surface area contributed by atoms with Crippen LogP contribution in [0, 0.1) is 5.82 Å². The van der Waals surface area contributed by atoms with Crippen molar-refractivity contribution in [3.05, 3.63) is 35.6 Å². The maximum atomic E-state index is 13.2. The van der Waals surface area contributed by atoms with E-state index in [1.54, 1.807) is 6.92 Å². The van der Waals surface area contributed by atoms with E-state index in [4.69, 9.17) is 0 Å². The second kappa shape index (κ2) is 7.16. The number of benzene rings is 1. The first-order chi connectivity index (χ1) is 13.4. The summed E-state index contributed by atoms with van der Waals surface area (Å²) in [6.07, 6.45) is 4.32. The SMILES string of the molecule is CC1(c2ccc(F)cc2)NC(=O)N(CC(=O)NC2CCN(C3CC3)CC2)C1=O. The number of imide groups is 1. The van der Waals surface area contributed by atoms with Crippen molar-refractivity contribution in [2.75, 3.05) is 19.6 Å². The van der Waals surface area contributed by atoms with Gasteiger partial charge in [-0.15, -0.1) is 0 Å². The Bertz CT molecular complexity index is 787. The van der Waals surface area contributed by atoms with Gasteiger partial charge >= 0.3 is 6.03 Å². The van der Waals surface area contributed by atoms with Gasteiger partial charge in [-0.05, 0) is 50.3 Å². The van der Waals surface area contributed by atoms with Gasteiger partial charge in [0.2, 0.25) is 5.91 Å². The van der Waals surface area contributed by atoms with Gasteiger partial charge in [0.25, 0.3) is 5.91 Å². The number of halogens is 1. The van der Waals surface area contributed by atoms with Crippen molar-refractivity contribution in [3.8, 4) is 0 Å². The molecule has 1 aromatic carbocycles. The quantitative estimate of drug-likeness (QED) is 0.746. The van der Waals surface area contributed by atoms with Crippen molar-refractivity contribution in [3.63, 3.8) is 0 Å². The summed E-state index contributed by atoms with van der Waals surface area (Å²) in [7, 11) is 0. The number of hydrogen-bond donors (Lipinski definition) is 2. The fraction of sp³-hybridized carbons (Fsp3) is 0.550. The molecule has 8 heteroatoms. The molecule has 4 rings (SSSR count). The van der Waals surface area contributed by atoms with Crippen molar-refractivity contribution in [2.24, 2.45) is 0 Å². The third kappa shape index (κ3) is 3.61. The molecule has 2 saturated heterocycles. The number of carbonyl (C=O) groups excluding carboxylic acids is 3. The van der Waals surface area contributed by atoms with Crippen LogP contribution in [0.2, 0.25) is 0 Å². The smallest absolute Gasteiger partial charge is 0.325 e. The fourth-order valence-corrected chi connectivity index (χ4v) is 4.08. The maximum absolute atomic E-state index is 13.2. The highest BCUT2D eigenvalue weighted by atomic mass is 19.1. The molecule has 7 nitrogen and oxygen atoms in total. The summed E-state index contributed by atoms with van der Waals surface area (Å²) in [6, 6.07) is 5.59. The summed E-state index contributed by atoms with van der Waals surface area (Å²) >= 11 is 0. The molecule has 1 saturated carbocycles. The van der Waals surface area contributed by atoms with Gasteiger partial charge in [-0.2, -0.15) is 0 Å². The van der Waals surface area contributed by atoms with Crippen LogP contribution in [0.1, 0.15) is 38.2 Å². The van der Waals surface area contributed by atoms with Crippen LogP contribution in [0.15, 0.2) is 24.3 Å². The van der Waals surface area contributed by atoms with Crippen molar-refractivity contribution >= 4 is 17.8 Å². The van der Waals surface area contributed by atoms with Crippen LogP contribution in [0.5, 0.6) is 0 Å².